The second-order valence-corrected chi connectivity index (χ2v) is 8.21. The van der Waals surface area contributed by atoms with Crippen LogP contribution < -0.4 is 10.0 Å². The summed E-state index contributed by atoms with van der Waals surface area (Å²) in [5.74, 6) is 0.293. The lowest BCUT2D eigenvalue weighted by molar-refractivity contribution is 0.601. The molecule has 1 unspecified atom stereocenters. The molecule has 0 fully saturated rings. The standard InChI is InChI=1S/C17H16ClN3O2S2/c1-12(13-5-3-2-4-6-13)20-16-8-7-14(9-15(16)18)25(22,23)21-17-10-24-11-19-17/h2-12,20-21H,1H3. The number of hydrogen-bond acceptors (Lipinski definition) is 5. The topological polar surface area (TPSA) is 71.1 Å². The van der Waals surface area contributed by atoms with Crippen molar-refractivity contribution in [3.05, 3.63) is 70.0 Å². The molecule has 1 heterocycles. The van der Waals surface area contributed by atoms with Gasteiger partial charge in [0.1, 0.15) is 0 Å². The fourth-order valence-corrected chi connectivity index (χ4v) is 4.18. The number of anilines is 2. The molecule has 0 aliphatic heterocycles. The Bertz CT molecular complexity index is 945. The molecule has 0 aliphatic carbocycles. The number of hydrogen-bond donors (Lipinski definition) is 2. The fraction of sp³-hybridized carbons (Fsp3) is 0.118. The summed E-state index contributed by atoms with van der Waals surface area (Å²) in [6.45, 7) is 2.01. The lowest BCUT2D eigenvalue weighted by atomic mass is 10.1. The van der Waals surface area contributed by atoms with Crippen molar-refractivity contribution in [3.8, 4) is 0 Å². The Balaban J connectivity index is 1.79. The number of aromatic nitrogens is 1. The van der Waals surface area contributed by atoms with Crippen LogP contribution in [0.15, 0.2) is 64.3 Å². The third-order valence-electron chi connectivity index (χ3n) is 3.59. The van der Waals surface area contributed by atoms with Gasteiger partial charge in [-0.3, -0.25) is 4.72 Å². The van der Waals surface area contributed by atoms with Gasteiger partial charge in [-0.05, 0) is 30.7 Å². The van der Waals surface area contributed by atoms with Crippen LogP contribution in [-0.4, -0.2) is 13.4 Å². The summed E-state index contributed by atoms with van der Waals surface area (Å²) in [6, 6.07) is 14.6. The van der Waals surface area contributed by atoms with Crippen molar-refractivity contribution in [2.75, 3.05) is 10.0 Å². The summed E-state index contributed by atoms with van der Waals surface area (Å²) in [5, 5.41) is 5.25. The van der Waals surface area contributed by atoms with Gasteiger partial charge in [0.05, 0.1) is 21.1 Å². The Hall–Kier alpha value is -2.09. The third-order valence-corrected chi connectivity index (χ3v) is 5.85. The van der Waals surface area contributed by atoms with Gasteiger partial charge < -0.3 is 5.32 Å². The van der Waals surface area contributed by atoms with Gasteiger partial charge in [-0.1, -0.05) is 41.9 Å². The highest BCUT2D eigenvalue weighted by Gasteiger charge is 2.17. The summed E-state index contributed by atoms with van der Waals surface area (Å²) in [7, 11) is -3.72. The number of benzene rings is 2. The molecule has 2 aromatic carbocycles. The van der Waals surface area contributed by atoms with E-state index in [-0.39, 0.29) is 10.9 Å². The summed E-state index contributed by atoms with van der Waals surface area (Å²) >= 11 is 7.59. The van der Waals surface area contributed by atoms with Crippen LogP contribution in [0.1, 0.15) is 18.5 Å². The van der Waals surface area contributed by atoms with Crippen molar-refractivity contribution in [2.45, 2.75) is 17.9 Å². The maximum absolute atomic E-state index is 12.4. The molecule has 5 nitrogen and oxygen atoms in total. The van der Waals surface area contributed by atoms with E-state index in [9.17, 15) is 8.42 Å². The second kappa shape index (κ2) is 7.43. The van der Waals surface area contributed by atoms with Crippen LogP contribution in [0.5, 0.6) is 0 Å². The average Bonchev–Trinajstić information content (AvgIpc) is 3.09. The number of thiazole rings is 1. The van der Waals surface area contributed by atoms with Crippen molar-refractivity contribution in [2.24, 2.45) is 0 Å². The van der Waals surface area contributed by atoms with Crippen molar-refractivity contribution in [1.29, 1.82) is 0 Å². The van der Waals surface area contributed by atoms with Gasteiger partial charge in [0.25, 0.3) is 10.0 Å². The van der Waals surface area contributed by atoms with E-state index in [2.05, 4.69) is 15.0 Å². The van der Waals surface area contributed by atoms with Gasteiger partial charge in [0, 0.05) is 11.4 Å². The molecule has 0 spiro atoms. The molecule has 1 atom stereocenters. The smallest absolute Gasteiger partial charge is 0.263 e. The van der Waals surface area contributed by atoms with Crippen LogP contribution in [0.3, 0.4) is 0 Å². The normalized spacial score (nSPS) is 12.6. The molecule has 0 aliphatic rings. The first-order valence-electron chi connectivity index (χ1n) is 7.48. The molecule has 3 aromatic rings. The molecule has 0 saturated carbocycles. The first-order chi connectivity index (χ1) is 12.0. The van der Waals surface area contributed by atoms with Crippen LogP contribution in [0.2, 0.25) is 5.02 Å². The van der Waals surface area contributed by atoms with Crippen molar-refractivity contribution < 1.29 is 8.42 Å². The second-order valence-electron chi connectivity index (χ2n) is 5.40. The highest BCUT2D eigenvalue weighted by molar-refractivity contribution is 7.92. The van der Waals surface area contributed by atoms with Crippen molar-refractivity contribution >= 4 is 44.5 Å². The van der Waals surface area contributed by atoms with E-state index in [1.165, 1.54) is 23.5 Å². The van der Waals surface area contributed by atoms with Gasteiger partial charge >= 0.3 is 0 Å². The third kappa shape index (κ3) is 4.31. The molecule has 0 bridgehead atoms. The zero-order chi connectivity index (χ0) is 17.9. The first-order valence-corrected chi connectivity index (χ1v) is 10.3. The Labute approximate surface area is 155 Å². The molecule has 25 heavy (non-hydrogen) atoms. The molecule has 1 aromatic heterocycles. The van der Waals surface area contributed by atoms with Crippen LogP contribution in [0.25, 0.3) is 0 Å². The minimum Gasteiger partial charge on any atom is -0.377 e. The predicted molar refractivity (Wildman–Crippen MR) is 103 cm³/mol. The van der Waals surface area contributed by atoms with Gasteiger partial charge in [-0.25, -0.2) is 13.4 Å². The minimum atomic E-state index is -3.72. The summed E-state index contributed by atoms with van der Waals surface area (Å²) in [5.41, 5.74) is 3.34. The summed E-state index contributed by atoms with van der Waals surface area (Å²) in [6.07, 6.45) is 0. The van der Waals surface area contributed by atoms with E-state index in [0.717, 1.165) is 5.56 Å². The lowest BCUT2D eigenvalue weighted by Gasteiger charge is -2.17. The summed E-state index contributed by atoms with van der Waals surface area (Å²) in [4.78, 5) is 4.01. The lowest BCUT2D eigenvalue weighted by Crippen LogP contribution is -2.13. The number of nitrogens with one attached hydrogen (secondary N) is 2. The first kappa shape index (κ1) is 17.7. The Kier molecular flexibility index (Phi) is 5.27. The highest BCUT2D eigenvalue weighted by atomic mass is 35.5. The quantitative estimate of drug-likeness (QED) is 0.632. The van der Waals surface area contributed by atoms with E-state index in [0.29, 0.717) is 16.5 Å². The van der Waals surface area contributed by atoms with Crippen LogP contribution >= 0.6 is 22.9 Å². The SMILES string of the molecule is CC(Nc1ccc(S(=O)(=O)Nc2cscn2)cc1Cl)c1ccccc1. The predicted octanol–water partition coefficient (Wildman–Crippen LogP) is 4.77. The largest absolute Gasteiger partial charge is 0.377 e. The molecule has 8 heteroatoms. The Morgan fingerprint density at radius 2 is 1.92 bits per heavy atom. The van der Waals surface area contributed by atoms with Gasteiger partial charge in [0.2, 0.25) is 0 Å². The van der Waals surface area contributed by atoms with Crippen LogP contribution in [0, 0.1) is 0 Å². The van der Waals surface area contributed by atoms with Gasteiger partial charge in [-0.15, -0.1) is 11.3 Å². The van der Waals surface area contributed by atoms with Crippen LogP contribution in [0.4, 0.5) is 11.5 Å². The van der Waals surface area contributed by atoms with Crippen molar-refractivity contribution in [3.63, 3.8) is 0 Å². The fourth-order valence-electron chi connectivity index (χ4n) is 2.30. The monoisotopic (exact) mass is 393 g/mol. The minimum absolute atomic E-state index is 0.0364. The van der Waals surface area contributed by atoms with Crippen LogP contribution in [-0.2, 0) is 10.0 Å². The number of nitrogens with zero attached hydrogens (tertiary/aromatic N) is 1. The van der Waals surface area contributed by atoms with E-state index < -0.39 is 10.0 Å². The molecular formula is C17H16ClN3O2S2. The molecule has 3 rings (SSSR count). The van der Waals surface area contributed by atoms with E-state index >= 15 is 0 Å². The average molecular weight is 394 g/mol. The van der Waals surface area contributed by atoms with E-state index in [1.807, 2.05) is 37.3 Å². The Morgan fingerprint density at radius 1 is 1.16 bits per heavy atom. The van der Waals surface area contributed by atoms with E-state index in [1.54, 1.807) is 17.0 Å². The zero-order valence-corrected chi connectivity index (χ0v) is 15.7. The molecular weight excluding hydrogens is 378 g/mol. The molecule has 2 N–H and O–H groups in total. The molecule has 0 radical (unpaired) electrons. The Morgan fingerprint density at radius 3 is 2.56 bits per heavy atom. The number of sulfonamides is 1. The molecule has 0 amide bonds. The van der Waals surface area contributed by atoms with E-state index in [4.69, 9.17) is 11.6 Å². The summed E-state index contributed by atoms with van der Waals surface area (Å²) < 4.78 is 27.2. The van der Waals surface area contributed by atoms with Gasteiger partial charge in [-0.2, -0.15) is 0 Å². The zero-order valence-electron chi connectivity index (χ0n) is 13.3. The maximum Gasteiger partial charge on any atom is 0.263 e. The number of halogens is 1. The molecule has 0 saturated heterocycles. The number of rotatable bonds is 6. The molecule has 130 valence electrons. The van der Waals surface area contributed by atoms with Crippen molar-refractivity contribution in [1.82, 2.24) is 4.98 Å². The maximum atomic E-state index is 12.4. The van der Waals surface area contributed by atoms with Gasteiger partial charge in [0.15, 0.2) is 5.82 Å². The highest BCUT2D eigenvalue weighted by Crippen LogP contribution is 2.29.